The van der Waals surface area contributed by atoms with Gasteiger partial charge in [-0.15, -0.1) is 0 Å². The third-order valence-corrected chi connectivity index (χ3v) is 5.35. The summed E-state index contributed by atoms with van der Waals surface area (Å²) in [5, 5.41) is 18.6. The van der Waals surface area contributed by atoms with Crippen LogP contribution in [0.4, 0.5) is 5.69 Å². The van der Waals surface area contributed by atoms with Gasteiger partial charge in [-0.2, -0.15) is 5.10 Å². The Morgan fingerprint density at radius 1 is 1.23 bits per heavy atom. The Bertz CT molecular complexity index is 1170. The van der Waals surface area contributed by atoms with Crippen LogP contribution in [-0.4, -0.2) is 27.4 Å². The van der Waals surface area contributed by atoms with Crippen molar-refractivity contribution in [1.82, 2.24) is 15.1 Å². The van der Waals surface area contributed by atoms with E-state index in [1.165, 1.54) is 0 Å². The van der Waals surface area contributed by atoms with Crippen molar-refractivity contribution in [3.8, 4) is 11.5 Å². The highest BCUT2D eigenvalue weighted by molar-refractivity contribution is 5.96. The Balaban J connectivity index is 1.55. The first kappa shape index (κ1) is 20.4. The number of nitrogens with one attached hydrogen (secondary N) is 1. The number of nitro groups is 1. The monoisotopic (exact) mass is 422 g/mol. The van der Waals surface area contributed by atoms with Gasteiger partial charge in [-0.25, -0.2) is 0 Å². The molecule has 0 bridgehead atoms. The van der Waals surface area contributed by atoms with Gasteiger partial charge >= 0.3 is 5.69 Å². The van der Waals surface area contributed by atoms with Crippen LogP contribution in [0.2, 0.25) is 0 Å². The number of aryl methyl sites for hydroxylation is 1. The van der Waals surface area contributed by atoms with Crippen LogP contribution < -0.4 is 14.8 Å². The van der Waals surface area contributed by atoms with Crippen molar-refractivity contribution in [3.05, 3.63) is 80.7 Å². The van der Waals surface area contributed by atoms with Crippen molar-refractivity contribution in [2.45, 2.75) is 33.4 Å². The van der Waals surface area contributed by atoms with Gasteiger partial charge in [-0.3, -0.25) is 19.6 Å². The van der Waals surface area contributed by atoms with Gasteiger partial charge in [0.2, 0.25) is 6.79 Å². The topological polar surface area (TPSA) is 109 Å². The molecule has 1 aliphatic rings. The quantitative estimate of drug-likeness (QED) is 0.480. The molecule has 0 saturated carbocycles. The summed E-state index contributed by atoms with van der Waals surface area (Å²) >= 11 is 0. The maximum absolute atomic E-state index is 13.0. The summed E-state index contributed by atoms with van der Waals surface area (Å²) in [7, 11) is 0. The summed E-state index contributed by atoms with van der Waals surface area (Å²) in [6.07, 6.45) is 0. The molecule has 1 atom stereocenters. The van der Waals surface area contributed by atoms with Crippen LogP contribution in [-0.2, 0) is 6.54 Å². The zero-order valence-corrected chi connectivity index (χ0v) is 17.4. The predicted molar refractivity (Wildman–Crippen MR) is 112 cm³/mol. The average molecular weight is 422 g/mol. The van der Waals surface area contributed by atoms with E-state index < -0.39 is 4.92 Å². The molecule has 0 spiro atoms. The number of ether oxygens (including phenoxy) is 2. The van der Waals surface area contributed by atoms with Crippen molar-refractivity contribution in [2.24, 2.45) is 0 Å². The van der Waals surface area contributed by atoms with Gasteiger partial charge in [0, 0.05) is 5.56 Å². The van der Waals surface area contributed by atoms with Gasteiger partial charge in [0.15, 0.2) is 11.5 Å². The number of carbonyl (C=O) groups is 1. The first-order chi connectivity index (χ1) is 14.8. The Morgan fingerprint density at radius 2 is 1.97 bits per heavy atom. The molecule has 0 saturated heterocycles. The Morgan fingerprint density at radius 3 is 2.71 bits per heavy atom. The molecule has 31 heavy (non-hydrogen) atoms. The van der Waals surface area contributed by atoms with Crippen molar-refractivity contribution >= 4 is 11.6 Å². The maximum Gasteiger partial charge on any atom is 0.312 e. The summed E-state index contributed by atoms with van der Waals surface area (Å²) in [4.78, 5) is 23.9. The summed E-state index contributed by atoms with van der Waals surface area (Å²) in [5.74, 6) is 1.11. The minimum atomic E-state index is -0.431. The molecular weight excluding hydrogens is 400 g/mol. The molecule has 1 aromatic heterocycles. The Labute approximate surface area is 178 Å². The summed E-state index contributed by atoms with van der Waals surface area (Å²) in [6, 6.07) is 12.5. The molecule has 4 rings (SSSR count). The van der Waals surface area contributed by atoms with E-state index >= 15 is 0 Å². The molecule has 2 aromatic carbocycles. The van der Waals surface area contributed by atoms with Crippen molar-refractivity contribution in [2.75, 3.05) is 6.79 Å². The average Bonchev–Trinajstić information content (AvgIpc) is 3.31. The van der Waals surface area contributed by atoms with Gasteiger partial charge in [0.1, 0.15) is 11.4 Å². The molecule has 160 valence electrons. The molecule has 1 amide bonds. The van der Waals surface area contributed by atoms with Crippen LogP contribution in [0.25, 0.3) is 0 Å². The summed E-state index contributed by atoms with van der Waals surface area (Å²) in [6.45, 7) is 5.60. The zero-order valence-electron chi connectivity index (χ0n) is 17.4. The lowest BCUT2D eigenvalue weighted by molar-refractivity contribution is -0.386. The maximum atomic E-state index is 13.0. The van der Waals surface area contributed by atoms with E-state index in [1.54, 1.807) is 30.7 Å². The molecule has 1 unspecified atom stereocenters. The SMILES string of the molecule is Cc1nn(Cc2ccccc2C(=O)NC(C)c2ccc3c(c2)OCO3)c(C)c1[N+](=O)[O-]. The summed E-state index contributed by atoms with van der Waals surface area (Å²) < 4.78 is 12.3. The van der Waals surface area contributed by atoms with Gasteiger partial charge in [0.25, 0.3) is 5.91 Å². The van der Waals surface area contributed by atoms with E-state index in [1.807, 2.05) is 37.3 Å². The van der Waals surface area contributed by atoms with Crippen LogP contribution >= 0.6 is 0 Å². The standard InChI is InChI=1S/C22H22N4O5/c1-13(16-8-9-19-20(10-16)31-12-30-19)23-22(27)18-7-5-4-6-17(18)11-25-15(3)21(26(28)29)14(2)24-25/h4-10,13H,11-12H2,1-3H3,(H,23,27). The number of amides is 1. The highest BCUT2D eigenvalue weighted by Crippen LogP contribution is 2.34. The molecule has 1 aliphatic heterocycles. The number of hydrogen-bond acceptors (Lipinski definition) is 6. The molecule has 0 aliphatic carbocycles. The fourth-order valence-electron chi connectivity index (χ4n) is 3.69. The third kappa shape index (κ3) is 3.94. The first-order valence-electron chi connectivity index (χ1n) is 9.82. The number of hydrogen-bond donors (Lipinski definition) is 1. The number of fused-ring (bicyclic) bond motifs is 1. The van der Waals surface area contributed by atoms with Gasteiger partial charge in [-0.05, 0) is 50.1 Å². The largest absolute Gasteiger partial charge is 0.454 e. The minimum Gasteiger partial charge on any atom is -0.454 e. The third-order valence-electron chi connectivity index (χ3n) is 5.35. The lowest BCUT2D eigenvalue weighted by atomic mass is 10.0. The molecule has 0 fully saturated rings. The summed E-state index contributed by atoms with van der Waals surface area (Å²) in [5.41, 5.74) is 2.90. The van der Waals surface area contributed by atoms with Crippen molar-refractivity contribution < 1.29 is 19.2 Å². The number of benzene rings is 2. The molecule has 3 aromatic rings. The van der Waals surface area contributed by atoms with E-state index in [4.69, 9.17) is 9.47 Å². The van der Waals surface area contributed by atoms with Crippen LogP contribution in [0.5, 0.6) is 11.5 Å². The molecule has 1 N–H and O–H groups in total. The van der Waals surface area contributed by atoms with Crippen LogP contribution in [0.15, 0.2) is 42.5 Å². The number of carbonyl (C=O) groups excluding carboxylic acids is 1. The van der Waals surface area contributed by atoms with E-state index in [2.05, 4.69) is 10.4 Å². The second-order valence-corrected chi connectivity index (χ2v) is 7.40. The molecular formula is C22H22N4O5. The first-order valence-corrected chi connectivity index (χ1v) is 9.82. The minimum absolute atomic E-state index is 0.00152. The van der Waals surface area contributed by atoms with Crippen LogP contribution in [0, 0.1) is 24.0 Å². The highest BCUT2D eigenvalue weighted by atomic mass is 16.7. The van der Waals surface area contributed by atoms with Crippen LogP contribution in [0.3, 0.4) is 0 Å². The second kappa shape index (κ2) is 8.10. The molecule has 2 heterocycles. The number of nitrogens with zero attached hydrogens (tertiary/aromatic N) is 3. The van der Waals surface area contributed by atoms with Gasteiger partial charge in [0.05, 0.1) is 17.5 Å². The van der Waals surface area contributed by atoms with Gasteiger partial charge in [-0.1, -0.05) is 24.3 Å². The predicted octanol–water partition coefficient (Wildman–Crippen LogP) is 3.68. The normalized spacial score (nSPS) is 13.1. The van der Waals surface area contributed by atoms with E-state index in [9.17, 15) is 14.9 Å². The fourth-order valence-corrected chi connectivity index (χ4v) is 3.69. The molecule has 9 nitrogen and oxygen atoms in total. The van der Waals surface area contributed by atoms with Crippen LogP contribution in [0.1, 0.15) is 45.8 Å². The van der Waals surface area contributed by atoms with Crippen molar-refractivity contribution in [1.29, 1.82) is 0 Å². The lowest BCUT2D eigenvalue weighted by Crippen LogP contribution is -2.28. The van der Waals surface area contributed by atoms with Crippen molar-refractivity contribution in [3.63, 3.8) is 0 Å². The van der Waals surface area contributed by atoms with E-state index in [0.29, 0.717) is 28.5 Å². The number of aromatic nitrogens is 2. The van der Waals surface area contributed by atoms with E-state index in [-0.39, 0.29) is 31.0 Å². The molecule has 9 heteroatoms. The smallest absolute Gasteiger partial charge is 0.312 e. The van der Waals surface area contributed by atoms with Gasteiger partial charge < -0.3 is 14.8 Å². The fraction of sp³-hybridized carbons (Fsp3) is 0.273. The van der Waals surface area contributed by atoms with E-state index in [0.717, 1.165) is 11.1 Å². The Hall–Kier alpha value is -3.88. The number of rotatable bonds is 6. The molecule has 0 radical (unpaired) electrons. The Kier molecular flexibility index (Phi) is 5.33. The lowest BCUT2D eigenvalue weighted by Gasteiger charge is -2.17. The zero-order chi connectivity index (χ0) is 22.1. The highest BCUT2D eigenvalue weighted by Gasteiger charge is 2.23. The second-order valence-electron chi connectivity index (χ2n) is 7.40.